The van der Waals surface area contributed by atoms with Crippen molar-refractivity contribution in [1.82, 2.24) is 25.3 Å². The molecule has 1 aromatic carbocycles. The lowest BCUT2D eigenvalue weighted by Crippen LogP contribution is -2.24. The van der Waals surface area contributed by atoms with Crippen molar-refractivity contribution in [2.24, 2.45) is 7.05 Å². The van der Waals surface area contributed by atoms with E-state index in [9.17, 15) is 4.79 Å². The van der Waals surface area contributed by atoms with E-state index in [1.807, 2.05) is 18.2 Å². The van der Waals surface area contributed by atoms with Crippen LogP contribution in [0.3, 0.4) is 0 Å². The molecule has 0 unspecified atom stereocenters. The number of nitrogens with zero attached hydrogens (tertiary/aromatic N) is 5. The molecule has 1 aromatic heterocycles. The van der Waals surface area contributed by atoms with Gasteiger partial charge in [0.25, 0.3) is 5.91 Å². The lowest BCUT2D eigenvalue weighted by Gasteiger charge is -2.14. The average molecular weight is 245 g/mol. The van der Waals surface area contributed by atoms with Crippen molar-refractivity contribution in [2.45, 2.75) is 13.2 Å². The van der Waals surface area contributed by atoms with Crippen LogP contribution in [0.1, 0.15) is 21.7 Å². The zero-order valence-electron chi connectivity index (χ0n) is 9.78. The highest BCUT2D eigenvalue weighted by atomic mass is 16.7. The second kappa shape index (κ2) is 4.19. The van der Waals surface area contributed by atoms with Crippen molar-refractivity contribution < 1.29 is 9.63 Å². The summed E-state index contributed by atoms with van der Waals surface area (Å²) in [4.78, 5) is 17.4. The third-order valence-electron chi connectivity index (χ3n) is 2.85. The smallest absolute Gasteiger partial charge is 0.267 e. The van der Waals surface area contributed by atoms with Crippen molar-refractivity contribution in [3.63, 3.8) is 0 Å². The summed E-state index contributed by atoms with van der Waals surface area (Å²) >= 11 is 0. The SMILES string of the molecule is Cn1nnnc1CON1Cc2ccccc2C1=O. The van der Waals surface area contributed by atoms with Crippen LogP contribution >= 0.6 is 0 Å². The molecule has 0 radical (unpaired) electrons. The molecule has 0 atom stereocenters. The molecule has 18 heavy (non-hydrogen) atoms. The van der Waals surface area contributed by atoms with E-state index in [-0.39, 0.29) is 12.5 Å². The van der Waals surface area contributed by atoms with Gasteiger partial charge in [-0.15, -0.1) is 5.10 Å². The Hall–Kier alpha value is -2.28. The third-order valence-corrected chi connectivity index (χ3v) is 2.85. The highest BCUT2D eigenvalue weighted by molar-refractivity contribution is 5.97. The Morgan fingerprint density at radius 1 is 1.39 bits per heavy atom. The minimum Gasteiger partial charge on any atom is -0.267 e. The summed E-state index contributed by atoms with van der Waals surface area (Å²) in [5.41, 5.74) is 1.66. The van der Waals surface area contributed by atoms with Gasteiger partial charge in [-0.05, 0) is 22.1 Å². The molecule has 1 amide bonds. The van der Waals surface area contributed by atoms with Gasteiger partial charge in [0.2, 0.25) is 0 Å². The Bertz CT molecular complexity index is 595. The van der Waals surface area contributed by atoms with E-state index in [1.165, 1.54) is 9.75 Å². The number of fused-ring (bicyclic) bond motifs is 1. The lowest BCUT2D eigenvalue weighted by atomic mass is 10.1. The fraction of sp³-hybridized carbons (Fsp3) is 0.273. The Kier molecular flexibility index (Phi) is 2.52. The fourth-order valence-corrected chi connectivity index (χ4v) is 1.84. The molecule has 7 heteroatoms. The van der Waals surface area contributed by atoms with Gasteiger partial charge < -0.3 is 0 Å². The molecular weight excluding hydrogens is 234 g/mol. The van der Waals surface area contributed by atoms with Crippen molar-refractivity contribution >= 4 is 5.91 Å². The second-order valence-corrected chi connectivity index (χ2v) is 3.99. The van der Waals surface area contributed by atoms with Crippen molar-refractivity contribution in [1.29, 1.82) is 0 Å². The molecule has 0 saturated carbocycles. The lowest BCUT2D eigenvalue weighted by molar-refractivity contribution is -0.137. The monoisotopic (exact) mass is 245 g/mol. The van der Waals surface area contributed by atoms with Gasteiger partial charge in [0, 0.05) is 12.6 Å². The van der Waals surface area contributed by atoms with E-state index in [0.717, 1.165) is 5.56 Å². The van der Waals surface area contributed by atoms with Crippen LogP contribution in [0.5, 0.6) is 0 Å². The van der Waals surface area contributed by atoms with Crippen molar-refractivity contribution in [3.8, 4) is 0 Å². The van der Waals surface area contributed by atoms with Crippen LogP contribution in [0.4, 0.5) is 0 Å². The van der Waals surface area contributed by atoms with Gasteiger partial charge in [-0.2, -0.15) is 0 Å². The normalized spacial score (nSPS) is 14.1. The number of hydroxylamine groups is 2. The number of carbonyl (C=O) groups is 1. The standard InChI is InChI=1S/C11H11N5O2/c1-15-10(12-13-14-15)7-18-16-6-8-4-2-3-5-9(8)11(16)17/h2-5H,6-7H2,1H3. The van der Waals surface area contributed by atoms with Crippen LogP contribution < -0.4 is 0 Å². The van der Waals surface area contributed by atoms with E-state index < -0.39 is 0 Å². The van der Waals surface area contributed by atoms with Crippen molar-refractivity contribution in [3.05, 3.63) is 41.2 Å². The minimum absolute atomic E-state index is 0.124. The first kappa shape index (κ1) is 10.8. The summed E-state index contributed by atoms with van der Waals surface area (Å²) in [6, 6.07) is 7.46. The maximum atomic E-state index is 12.0. The zero-order valence-corrected chi connectivity index (χ0v) is 9.78. The molecule has 0 spiro atoms. The van der Waals surface area contributed by atoms with Crippen molar-refractivity contribution in [2.75, 3.05) is 0 Å². The van der Waals surface area contributed by atoms with E-state index in [2.05, 4.69) is 15.5 Å². The molecule has 0 saturated heterocycles. The molecule has 0 bridgehead atoms. The predicted octanol–water partition coefficient (Wildman–Crippen LogP) is 0.298. The van der Waals surface area contributed by atoms with Crippen LogP contribution in [0.15, 0.2) is 24.3 Å². The molecule has 1 aliphatic heterocycles. The number of hydrogen-bond donors (Lipinski definition) is 0. The van der Waals surface area contributed by atoms with Gasteiger partial charge >= 0.3 is 0 Å². The number of carbonyl (C=O) groups excluding carboxylic acids is 1. The van der Waals surface area contributed by atoms with Crippen LogP contribution in [-0.4, -0.2) is 31.2 Å². The Balaban J connectivity index is 1.70. The molecule has 92 valence electrons. The number of aromatic nitrogens is 4. The molecule has 2 aromatic rings. The average Bonchev–Trinajstić information content (AvgIpc) is 2.92. The molecule has 7 nitrogen and oxygen atoms in total. The fourth-order valence-electron chi connectivity index (χ4n) is 1.84. The molecule has 0 aliphatic carbocycles. The van der Waals surface area contributed by atoms with Crippen LogP contribution in [-0.2, 0) is 25.0 Å². The number of amides is 1. The first-order valence-electron chi connectivity index (χ1n) is 5.49. The molecule has 2 heterocycles. The van der Waals surface area contributed by atoms with Gasteiger partial charge in [0.05, 0.1) is 6.54 Å². The number of hydrogen-bond acceptors (Lipinski definition) is 5. The second-order valence-electron chi connectivity index (χ2n) is 3.99. The number of benzene rings is 1. The maximum Gasteiger partial charge on any atom is 0.278 e. The molecule has 3 rings (SSSR count). The Morgan fingerprint density at radius 3 is 2.94 bits per heavy atom. The van der Waals surface area contributed by atoms with Gasteiger partial charge in [-0.1, -0.05) is 18.2 Å². The van der Waals surface area contributed by atoms with E-state index in [0.29, 0.717) is 17.9 Å². The van der Waals surface area contributed by atoms with Gasteiger partial charge in [-0.25, -0.2) is 9.75 Å². The first-order valence-corrected chi connectivity index (χ1v) is 5.49. The molecular formula is C11H11N5O2. The quantitative estimate of drug-likeness (QED) is 0.777. The number of tetrazole rings is 1. The van der Waals surface area contributed by atoms with Crippen LogP contribution in [0, 0.1) is 0 Å². The van der Waals surface area contributed by atoms with Gasteiger partial charge in [-0.3, -0.25) is 9.63 Å². The number of rotatable bonds is 3. The van der Waals surface area contributed by atoms with Gasteiger partial charge in [0.1, 0.15) is 6.61 Å². The Morgan fingerprint density at radius 2 is 2.22 bits per heavy atom. The minimum atomic E-state index is -0.124. The first-order chi connectivity index (χ1) is 8.75. The third kappa shape index (κ3) is 1.74. The predicted molar refractivity (Wildman–Crippen MR) is 59.9 cm³/mol. The highest BCUT2D eigenvalue weighted by Gasteiger charge is 2.28. The largest absolute Gasteiger partial charge is 0.278 e. The summed E-state index contributed by atoms with van der Waals surface area (Å²) in [6.45, 7) is 0.628. The summed E-state index contributed by atoms with van der Waals surface area (Å²) in [6.07, 6.45) is 0. The highest BCUT2D eigenvalue weighted by Crippen LogP contribution is 2.22. The summed E-state index contributed by atoms with van der Waals surface area (Å²) < 4.78 is 1.51. The molecule has 0 N–H and O–H groups in total. The zero-order chi connectivity index (χ0) is 12.5. The summed E-state index contributed by atoms with van der Waals surface area (Å²) in [5.74, 6) is 0.444. The summed E-state index contributed by atoms with van der Waals surface area (Å²) in [7, 11) is 1.72. The van der Waals surface area contributed by atoms with Crippen LogP contribution in [0.25, 0.3) is 0 Å². The Labute approximate surface area is 103 Å². The van der Waals surface area contributed by atoms with E-state index in [4.69, 9.17) is 4.84 Å². The molecule has 0 fully saturated rings. The topological polar surface area (TPSA) is 73.1 Å². The van der Waals surface area contributed by atoms with E-state index >= 15 is 0 Å². The van der Waals surface area contributed by atoms with E-state index in [1.54, 1.807) is 13.1 Å². The maximum absolute atomic E-state index is 12.0. The summed E-state index contributed by atoms with van der Waals surface area (Å²) in [5, 5.41) is 12.3. The molecule has 1 aliphatic rings. The number of aryl methyl sites for hydroxylation is 1. The van der Waals surface area contributed by atoms with Crippen LogP contribution in [0.2, 0.25) is 0 Å². The van der Waals surface area contributed by atoms with Gasteiger partial charge in [0.15, 0.2) is 5.82 Å².